The second kappa shape index (κ2) is 7.78. The molecule has 0 radical (unpaired) electrons. The highest BCUT2D eigenvalue weighted by Gasteiger charge is 2.31. The standard InChI is InChI=1S/C22H14FN3O2S/c1-13-19(20(26-28-13)15-5-3-2-4-6-15)21(27)17(11-24)22-25-18(12-29-22)14-7-9-16(23)10-8-14/h2-10,12,17H,1H3. The van der Waals surface area contributed by atoms with Crippen LogP contribution in [0.2, 0.25) is 0 Å². The smallest absolute Gasteiger partial charge is 0.192 e. The number of rotatable bonds is 5. The van der Waals surface area contributed by atoms with Gasteiger partial charge >= 0.3 is 0 Å². The molecule has 0 saturated heterocycles. The van der Waals surface area contributed by atoms with Crippen molar-refractivity contribution in [2.24, 2.45) is 0 Å². The molecule has 0 fully saturated rings. The highest BCUT2D eigenvalue weighted by Crippen LogP contribution is 2.33. The zero-order valence-electron chi connectivity index (χ0n) is 15.3. The maximum atomic E-state index is 13.2. The Morgan fingerprint density at radius 3 is 2.55 bits per heavy atom. The lowest BCUT2D eigenvalue weighted by Gasteiger charge is -2.06. The number of ketones is 1. The SMILES string of the molecule is Cc1onc(-c2ccccc2)c1C(=O)C(C#N)c1nc(-c2ccc(F)cc2)cs1. The Kier molecular flexibility index (Phi) is 5.02. The van der Waals surface area contributed by atoms with Crippen LogP contribution >= 0.6 is 11.3 Å². The number of carbonyl (C=O) groups excluding carboxylic acids is 1. The minimum atomic E-state index is -1.09. The van der Waals surface area contributed by atoms with Crippen LogP contribution < -0.4 is 0 Å². The van der Waals surface area contributed by atoms with Crippen molar-refractivity contribution in [3.05, 3.63) is 82.1 Å². The van der Waals surface area contributed by atoms with Crippen LogP contribution in [0.4, 0.5) is 4.39 Å². The molecule has 1 unspecified atom stereocenters. The Labute approximate surface area is 170 Å². The fraction of sp³-hybridized carbons (Fsp3) is 0.0909. The molecule has 0 bridgehead atoms. The molecule has 0 aliphatic heterocycles. The molecule has 0 aliphatic carbocycles. The number of thiazole rings is 1. The Balaban J connectivity index is 1.70. The van der Waals surface area contributed by atoms with Crippen molar-refractivity contribution < 1.29 is 13.7 Å². The lowest BCUT2D eigenvalue weighted by atomic mass is 9.95. The van der Waals surface area contributed by atoms with Crippen LogP contribution in [0.25, 0.3) is 22.5 Å². The summed E-state index contributed by atoms with van der Waals surface area (Å²) in [4.78, 5) is 17.7. The molecule has 2 aromatic carbocycles. The molecule has 1 atom stereocenters. The molecule has 2 aromatic heterocycles. The maximum absolute atomic E-state index is 13.2. The molecule has 142 valence electrons. The molecular weight excluding hydrogens is 389 g/mol. The summed E-state index contributed by atoms with van der Waals surface area (Å²) in [6.45, 7) is 1.65. The van der Waals surface area contributed by atoms with Crippen molar-refractivity contribution in [1.29, 1.82) is 5.26 Å². The minimum Gasteiger partial charge on any atom is -0.360 e. The van der Waals surface area contributed by atoms with Gasteiger partial charge < -0.3 is 4.52 Å². The van der Waals surface area contributed by atoms with Gasteiger partial charge in [-0.1, -0.05) is 35.5 Å². The summed E-state index contributed by atoms with van der Waals surface area (Å²) < 4.78 is 18.4. The highest BCUT2D eigenvalue weighted by molar-refractivity contribution is 7.10. The minimum absolute atomic E-state index is 0.279. The van der Waals surface area contributed by atoms with Gasteiger partial charge in [-0.3, -0.25) is 4.79 Å². The summed E-state index contributed by atoms with van der Waals surface area (Å²) >= 11 is 1.22. The van der Waals surface area contributed by atoms with E-state index in [9.17, 15) is 14.4 Å². The fourth-order valence-electron chi connectivity index (χ4n) is 3.00. The summed E-state index contributed by atoms with van der Waals surface area (Å²) in [5, 5.41) is 15.9. The van der Waals surface area contributed by atoms with Gasteiger partial charge in [0.15, 0.2) is 11.7 Å². The van der Waals surface area contributed by atoms with Crippen molar-refractivity contribution in [2.45, 2.75) is 12.8 Å². The molecule has 7 heteroatoms. The highest BCUT2D eigenvalue weighted by atomic mass is 32.1. The molecule has 0 N–H and O–H groups in total. The van der Waals surface area contributed by atoms with Crippen LogP contribution in [0.3, 0.4) is 0 Å². The van der Waals surface area contributed by atoms with Crippen LogP contribution in [0, 0.1) is 24.1 Å². The molecule has 0 aliphatic rings. The molecule has 0 spiro atoms. The largest absolute Gasteiger partial charge is 0.360 e. The third-order valence-electron chi connectivity index (χ3n) is 4.46. The Bertz CT molecular complexity index is 1210. The predicted octanol–water partition coefficient (Wildman–Crippen LogP) is 5.40. The Morgan fingerprint density at radius 2 is 1.86 bits per heavy atom. The van der Waals surface area contributed by atoms with E-state index < -0.39 is 11.7 Å². The summed E-state index contributed by atoms with van der Waals surface area (Å²) in [6.07, 6.45) is 0. The fourth-order valence-corrected chi connectivity index (χ4v) is 3.87. The van der Waals surface area contributed by atoms with Crippen molar-refractivity contribution in [2.75, 3.05) is 0 Å². The van der Waals surface area contributed by atoms with Crippen LogP contribution in [0.15, 0.2) is 64.5 Å². The molecule has 2 heterocycles. The number of carbonyl (C=O) groups is 1. The van der Waals surface area contributed by atoms with Gasteiger partial charge in [-0.15, -0.1) is 11.3 Å². The predicted molar refractivity (Wildman–Crippen MR) is 107 cm³/mol. The van der Waals surface area contributed by atoms with Crippen LogP contribution in [-0.4, -0.2) is 15.9 Å². The van der Waals surface area contributed by atoms with Gasteiger partial charge in [0.1, 0.15) is 22.3 Å². The van der Waals surface area contributed by atoms with Crippen LogP contribution in [-0.2, 0) is 0 Å². The van der Waals surface area contributed by atoms with E-state index in [1.165, 1.54) is 23.5 Å². The van der Waals surface area contributed by atoms with Crippen LogP contribution in [0.1, 0.15) is 27.0 Å². The Morgan fingerprint density at radius 1 is 1.14 bits per heavy atom. The molecular formula is C22H14FN3O2S. The lowest BCUT2D eigenvalue weighted by molar-refractivity contribution is 0.0978. The van der Waals surface area contributed by atoms with Crippen molar-refractivity contribution in [3.8, 4) is 28.6 Å². The summed E-state index contributed by atoms with van der Waals surface area (Å²) in [6, 6.07) is 17.1. The number of benzene rings is 2. The molecule has 29 heavy (non-hydrogen) atoms. The van der Waals surface area contributed by atoms with Crippen LogP contribution in [0.5, 0.6) is 0 Å². The monoisotopic (exact) mass is 403 g/mol. The maximum Gasteiger partial charge on any atom is 0.192 e. The molecule has 4 aromatic rings. The molecule has 5 nitrogen and oxygen atoms in total. The normalized spacial score (nSPS) is 11.8. The van der Waals surface area contributed by atoms with Crippen molar-refractivity contribution >= 4 is 17.1 Å². The third-order valence-corrected chi connectivity index (χ3v) is 5.37. The van der Waals surface area contributed by atoms with Crippen molar-refractivity contribution in [1.82, 2.24) is 10.1 Å². The molecule has 4 rings (SSSR count). The van der Waals surface area contributed by atoms with E-state index in [0.29, 0.717) is 27.7 Å². The number of Topliss-reactive ketones (excluding diaryl/α,β-unsaturated/α-hetero) is 1. The van der Waals surface area contributed by atoms with Crippen molar-refractivity contribution in [3.63, 3.8) is 0 Å². The first kappa shape index (κ1) is 18.7. The molecule has 0 amide bonds. The van der Waals surface area contributed by atoms with E-state index in [1.807, 2.05) is 30.3 Å². The zero-order valence-corrected chi connectivity index (χ0v) is 16.1. The van der Waals surface area contributed by atoms with E-state index in [-0.39, 0.29) is 11.4 Å². The quantitative estimate of drug-likeness (QED) is 0.417. The summed E-state index contributed by atoms with van der Waals surface area (Å²) in [5.74, 6) is -1.49. The average molecular weight is 403 g/mol. The first-order valence-corrected chi connectivity index (χ1v) is 9.63. The number of nitrogens with zero attached hydrogens (tertiary/aromatic N) is 3. The number of hydrogen-bond acceptors (Lipinski definition) is 6. The van der Waals surface area contributed by atoms with Gasteiger partial charge in [0.2, 0.25) is 0 Å². The first-order valence-electron chi connectivity index (χ1n) is 8.75. The summed E-state index contributed by atoms with van der Waals surface area (Å²) in [7, 11) is 0. The second-order valence-corrected chi connectivity index (χ2v) is 7.22. The number of hydrogen-bond donors (Lipinski definition) is 0. The Hall–Kier alpha value is -3.63. The van der Waals surface area contributed by atoms with E-state index in [4.69, 9.17) is 4.52 Å². The first-order chi connectivity index (χ1) is 14.1. The van der Waals surface area contributed by atoms with Gasteiger partial charge in [0.05, 0.1) is 17.3 Å². The molecule has 0 saturated carbocycles. The van der Waals surface area contributed by atoms with E-state index in [1.54, 1.807) is 24.4 Å². The van der Waals surface area contributed by atoms with E-state index >= 15 is 0 Å². The topological polar surface area (TPSA) is 79.8 Å². The number of halogens is 1. The number of nitriles is 1. The van der Waals surface area contributed by atoms with Gasteiger partial charge in [0, 0.05) is 16.5 Å². The van der Waals surface area contributed by atoms with E-state index in [0.717, 1.165) is 5.56 Å². The zero-order chi connectivity index (χ0) is 20.4. The van der Waals surface area contributed by atoms with E-state index in [2.05, 4.69) is 16.2 Å². The van der Waals surface area contributed by atoms with Gasteiger partial charge in [-0.25, -0.2) is 9.37 Å². The second-order valence-electron chi connectivity index (χ2n) is 6.33. The number of aromatic nitrogens is 2. The summed E-state index contributed by atoms with van der Waals surface area (Å²) in [5.41, 5.74) is 2.72. The average Bonchev–Trinajstić information content (AvgIpc) is 3.37. The van der Waals surface area contributed by atoms with Gasteiger partial charge in [-0.05, 0) is 31.2 Å². The van der Waals surface area contributed by atoms with Gasteiger partial charge in [-0.2, -0.15) is 5.26 Å². The number of aryl methyl sites for hydroxylation is 1. The third kappa shape index (κ3) is 3.58. The lowest BCUT2D eigenvalue weighted by Crippen LogP contribution is -2.12. The van der Waals surface area contributed by atoms with Gasteiger partial charge in [0.25, 0.3) is 0 Å².